The lowest BCUT2D eigenvalue weighted by Gasteiger charge is -2.12. The third kappa shape index (κ3) is 3.22. The van der Waals surface area contributed by atoms with Gasteiger partial charge in [0.25, 0.3) is 0 Å². The smallest absolute Gasteiger partial charge is 0.337 e. The van der Waals surface area contributed by atoms with Gasteiger partial charge in [0.2, 0.25) is 5.91 Å². The van der Waals surface area contributed by atoms with E-state index in [1.165, 1.54) is 7.11 Å². The first kappa shape index (κ1) is 14.7. The number of nitrogens with one attached hydrogen (secondary N) is 1. The molecule has 1 aromatic carbocycles. The second-order valence-corrected chi connectivity index (χ2v) is 5.27. The van der Waals surface area contributed by atoms with Gasteiger partial charge in [-0.25, -0.2) is 4.79 Å². The minimum absolute atomic E-state index is 0.141. The van der Waals surface area contributed by atoms with E-state index >= 15 is 0 Å². The normalized spacial score (nSPS) is 17.9. The monoisotopic (exact) mass is 297 g/mol. The molecule has 1 aliphatic heterocycles. The summed E-state index contributed by atoms with van der Waals surface area (Å²) in [6.45, 7) is 2.00. The van der Waals surface area contributed by atoms with Gasteiger partial charge in [-0.05, 0) is 30.7 Å². The Bertz CT molecular complexity index is 530. The van der Waals surface area contributed by atoms with Crippen molar-refractivity contribution in [1.82, 2.24) is 5.32 Å². The standard InChI is InChI=1S/C14H16ClNO4/c1-8(15)13(17)16-7-11-6-10-5-9(14(18)19-2)3-4-12(10)20-11/h3-5,8,11H,6-7H2,1-2H3,(H,16,17)/t8-,11+/m1/s1. The summed E-state index contributed by atoms with van der Waals surface area (Å²) in [5.74, 6) is 0.137. The van der Waals surface area contributed by atoms with Gasteiger partial charge in [-0.15, -0.1) is 11.6 Å². The Kier molecular flexibility index (Phi) is 4.49. The Morgan fingerprint density at radius 1 is 1.55 bits per heavy atom. The van der Waals surface area contributed by atoms with Crippen molar-refractivity contribution in [3.05, 3.63) is 29.3 Å². The predicted molar refractivity (Wildman–Crippen MR) is 74.2 cm³/mol. The number of carbonyl (C=O) groups excluding carboxylic acids is 2. The van der Waals surface area contributed by atoms with Gasteiger partial charge in [-0.2, -0.15) is 0 Å². The molecule has 0 radical (unpaired) electrons. The Morgan fingerprint density at radius 2 is 2.30 bits per heavy atom. The molecule has 108 valence electrons. The minimum atomic E-state index is -0.565. The van der Waals surface area contributed by atoms with Gasteiger partial charge in [0.15, 0.2) is 0 Å². The Labute approximate surface area is 122 Å². The van der Waals surface area contributed by atoms with Gasteiger partial charge < -0.3 is 14.8 Å². The van der Waals surface area contributed by atoms with Crippen molar-refractivity contribution in [3.63, 3.8) is 0 Å². The second-order valence-electron chi connectivity index (χ2n) is 4.62. The molecule has 0 aliphatic carbocycles. The zero-order chi connectivity index (χ0) is 14.7. The van der Waals surface area contributed by atoms with Gasteiger partial charge in [0.05, 0.1) is 19.2 Å². The number of ether oxygens (including phenoxy) is 2. The SMILES string of the molecule is COC(=O)c1ccc2c(c1)C[C@@H](CNC(=O)[C@@H](C)Cl)O2. The van der Waals surface area contributed by atoms with E-state index in [1.807, 2.05) is 0 Å². The summed E-state index contributed by atoms with van der Waals surface area (Å²) in [4.78, 5) is 22.8. The van der Waals surface area contributed by atoms with Crippen molar-refractivity contribution in [2.45, 2.75) is 24.8 Å². The fourth-order valence-corrected chi connectivity index (χ4v) is 2.11. The van der Waals surface area contributed by atoms with E-state index in [0.29, 0.717) is 18.5 Å². The van der Waals surface area contributed by atoms with E-state index in [2.05, 4.69) is 10.1 Å². The van der Waals surface area contributed by atoms with E-state index in [-0.39, 0.29) is 18.0 Å². The molecule has 0 saturated heterocycles. The zero-order valence-corrected chi connectivity index (χ0v) is 12.1. The molecule has 5 nitrogen and oxygen atoms in total. The minimum Gasteiger partial charge on any atom is -0.488 e. The van der Waals surface area contributed by atoms with Gasteiger partial charge in [0, 0.05) is 6.42 Å². The summed E-state index contributed by atoms with van der Waals surface area (Å²) in [6.07, 6.45) is 0.495. The molecule has 2 rings (SSSR count). The van der Waals surface area contributed by atoms with E-state index in [1.54, 1.807) is 25.1 Å². The van der Waals surface area contributed by atoms with Crippen molar-refractivity contribution in [1.29, 1.82) is 0 Å². The van der Waals surface area contributed by atoms with E-state index in [9.17, 15) is 9.59 Å². The number of fused-ring (bicyclic) bond motifs is 1. The topological polar surface area (TPSA) is 64.6 Å². The molecule has 0 bridgehead atoms. The van der Waals surface area contributed by atoms with Crippen molar-refractivity contribution in [3.8, 4) is 5.75 Å². The highest BCUT2D eigenvalue weighted by molar-refractivity contribution is 6.30. The molecule has 1 amide bonds. The quantitative estimate of drug-likeness (QED) is 0.676. The highest BCUT2D eigenvalue weighted by atomic mass is 35.5. The van der Waals surface area contributed by atoms with Crippen LogP contribution in [0.15, 0.2) is 18.2 Å². The first-order valence-corrected chi connectivity index (χ1v) is 6.74. The van der Waals surface area contributed by atoms with Crippen LogP contribution >= 0.6 is 11.6 Å². The fourth-order valence-electron chi connectivity index (χ4n) is 2.03. The van der Waals surface area contributed by atoms with Crippen LogP contribution in [0.3, 0.4) is 0 Å². The number of methoxy groups -OCH3 is 1. The van der Waals surface area contributed by atoms with Gasteiger partial charge >= 0.3 is 5.97 Å². The van der Waals surface area contributed by atoms with E-state index in [0.717, 1.165) is 11.3 Å². The molecule has 6 heteroatoms. The van der Waals surface area contributed by atoms with Crippen LogP contribution in [0.4, 0.5) is 0 Å². The molecular formula is C14H16ClNO4. The second kappa shape index (κ2) is 6.13. The molecule has 1 heterocycles. The molecule has 1 aromatic rings. The summed E-state index contributed by atoms with van der Waals surface area (Å²) in [5, 5.41) is 2.15. The van der Waals surface area contributed by atoms with Crippen LogP contribution in [0.2, 0.25) is 0 Å². The fraction of sp³-hybridized carbons (Fsp3) is 0.429. The first-order valence-electron chi connectivity index (χ1n) is 6.31. The van der Waals surface area contributed by atoms with Gasteiger partial charge in [0.1, 0.15) is 17.2 Å². The predicted octanol–water partition coefficient (Wildman–Crippen LogP) is 1.52. The van der Waals surface area contributed by atoms with Gasteiger partial charge in [-0.3, -0.25) is 4.79 Å². The number of hydrogen-bond donors (Lipinski definition) is 1. The number of hydrogen-bond acceptors (Lipinski definition) is 4. The number of alkyl halides is 1. The molecule has 20 heavy (non-hydrogen) atoms. The summed E-state index contributed by atoms with van der Waals surface area (Å²) in [5.41, 5.74) is 1.43. The molecule has 1 aliphatic rings. The molecule has 0 fully saturated rings. The maximum Gasteiger partial charge on any atom is 0.337 e. The molecule has 0 unspecified atom stereocenters. The number of esters is 1. The van der Waals surface area contributed by atoms with Crippen LogP contribution in [-0.2, 0) is 16.0 Å². The molecule has 0 aromatic heterocycles. The Hall–Kier alpha value is -1.75. The molecular weight excluding hydrogens is 282 g/mol. The maximum absolute atomic E-state index is 11.5. The molecule has 1 N–H and O–H groups in total. The number of benzene rings is 1. The summed E-state index contributed by atoms with van der Waals surface area (Å²) >= 11 is 5.67. The summed E-state index contributed by atoms with van der Waals surface area (Å²) in [7, 11) is 1.34. The summed E-state index contributed by atoms with van der Waals surface area (Å²) < 4.78 is 10.4. The van der Waals surface area contributed by atoms with E-state index < -0.39 is 5.38 Å². The maximum atomic E-state index is 11.5. The van der Waals surface area contributed by atoms with Crippen molar-refractivity contribution < 1.29 is 19.1 Å². The van der Waals surface area contributed by atoms with Crippen molar-refractivity contribution >= 4 is 23.5 Å². The molecule has 2 atom stereocenters. The van der Waals surface area contributed by atoms with Crippen molar-refractivity contribution in [2.75, 3.05) is 13.7 Å². The van der Waals surface area contributed by atoms with Crippen LogP contribution in [0.25, 0.3) is 0 Å². The highest BCUT2D eigenvalue weighted by Gasteiger charge is 2.25. The number of amides is 1. The number of carbonyl (C=O) groups is 2. The van der Waals surface area contributed by atoms with Crippen LogP contribution < -0.4 is 10.1 Å². The van der Waals surface area contributed by atoms with Crippen LogP contribution in [0.5, 0.6) is 5.75 Å². The third-order valence-electron chi connectivity index (χ3n) is 3.09. The average Bonchev–Trinajstić information content (AvgIpc) is 2.85. The highest BCUT2D eigenvalue weighted by Crippen LogP contribution is 2.29. The van der Waals surface area contributed by atoms with E-state index in [4.69, 9.17) is 16.3 Å². The van der Waals surface area contributed by atoms with Crippen molar-refractivity contribution in [2.24, 2.45) is 0 Å². The largest absolute Gasteiger partial charge is 0.488 e. The Morgan fingerprint density at radius 3 is 2.95 bits per heavy atom. The van der Waals surface area contributed by atoms with Crippen LogP contribution in [0.1, 0.15) is 22.8 Å². The van der Waals surface area contributed by atoms with Crippen LogP contribution in [0, 0.1) is 0 Å². The van der Waals surface area contributed by atoms with Crippen LogP contribution in [-0.4, -0.2) is 37.0 Å². The Balaban J connectivity index is 1.97. The average molecular weight is 298 g/mol. The molecule has 0 spiro atoms. The zero-order valence-electron chi connectivity index (χ0n) is 11.3. The lowest BCUT2D eigenvalue weighted by atomic mass is 10.1. The molecule has 0 saturated carbocycles. The number of halogens is 1. The lowest BCUT2D eigenvalue weighted by molar-refractivity contribution is -0.120. The first-order chi connectivity index (χ1) is 9.51. The summed E-state index contributed by atoms with van der Waals surface area (Å²) in [6, 6.07) is 5.16. The number of rotatable bonds is 4. The third-order valence-corrected chi connectivity index (χ3v) is 3.29. The lowest BCUT2D eigenvalue weighted by Crippen LogP contribution is -2.37. The van der Waals surface area contributed by atoms with Gasteiger partial charge in [-0.1, -0.05) is 0 Å².